The van der Waals surface area contributed by atoms with E-state index in [0.29, 0.717) is 24.8 Å². The van der Waals surface area contributed by atoms with Crippen molar-refractivity contribution >= 4 is 81.1 Å². The SMILES string of the molecule is O=C([O-])CCC(C(=O)[O-])N1C(=O)/C(=C/c2ccc(N(CCCl)CCCl)cc2)SC1=S.[Na+].[Na+]. The number of alkyl halides is 2. The van der Waals surface area contributed by atoms with Crippen LogP contribution in [0, 0.1) is 0 Å². The molecule has 1 aliphatic rings. The molecule has 0 radical (unpaired) electrons. The van der Waals surface area contributed by atoms with Crippen molar-refractivity contribution in [3.8, 4) is 0 Å². The van der Waals surface area contributed by atoms with Gasteiger partial charge in [-0.3, -0.25) is 9.69 Å². The minimum atomic E-state index is -1.57. The van der Waals surface area contributed by atoms with E-state index >= 15 is 0 Å². The number of rotatable bonds is 11. The molecule has 0 bridgehead atoms. The second-order valence-electron chi connectivity index (χ2n) is 6.25. The van der Waals surface area contributed by atoms with Crippen LogP contribution in [0.3, 0.4) is 0 Å². The molecule has 0 spiro atoms. The fraction of sp³-hybridized carbons (Fsp3) is 0.368. The number of carboxylic acid groups (broad SMARTS) is 2. The van der Waals surface area contributed by atoms with E-state index in [9.17, 15) is 24.6 Å². The van der Waals surface area contributed by atoms with Gasteiger partial charge >= 0.3 is 59.1 Å². The summed E-state index contributed by atoms with van der Waals surface area (Å²) in [6, 6.07) is 5.89. The summed E-state index contributed by atoms with van der Waals surface area (Å²) >= 11 is 17.7. The van der Waals surface area contributed by atoms with E-state index in [2.05, 4.69) is 0 Å². The van der Waals surface area contributed by atoms with Gasteiger partial charge in [0.1, 0.15) is 4.32 Å². The molecular formula is C19H18Cl2N2Na2O5S2. The monoisotopic (exact) mass is 534 g/mol. The molecule has 0 N–H and O–H groups in total. The van der Waals surface area contributed by atoms with Crippen LogP contribution in [0.25, 0.3) is 6.08 Å². The van der Waals surface area contributed by atoms with Gasteiger partial charge in [0.05, 0.1) is 16.9 Å². The van der Waals surface area contributed by atoms with Crippen LogP contribution in [0.4, 0.5) is 5.69 Å². The second kappa shape index (κ2) is 16.0. The number of carboxylic acids is 2. The first kappa shape index (κ1) is 32.2. The number of thioether (sulfide) groups is 1. The molecular weight excluding hydrogens is 517 g/mol. The Labute approximate surface area is 250 Å². The van der Waals surface area contributed by atoms with E-state index in [-0.39, 0.29) is 74.8 Å². The van der Waals surface area contributed by atoms with Crippen LogP contribution in [0.2, 0.25) is 0 Å². The van der Waals surface area contributed by atoms with Crippen molar-refractivity contribution in [1.82, 2.24) is 4.90 Å². The molecule has 1 atom stereocenters. The third-order valence-electron chi connectivity index (χ3n) is 4.29. The number of thiocarbonyl (C=S) groups is 1. The maximum absolute atomic E-state index is 12.7. The minimum Gasteiger partial charge on any atom is -0.550 e. The van der Waals surface area contributed by atoms with E-state index in [0.717, 1.165) is 27.9 Å². The van der Waals surface area contributed by atoms with Gasteiger partial charge in [-0.05, 0) is 36.6 Å². The molecule has 0 saturated carbocycles. The number of aliphatic carboxylic acids is 2. The zero-order chi connectivity index (χ0) is 22.3. The average molecular weight is 535 g/mol. The zero-order valence-corrected chi connectivity index (χ0v) is 24.9. The Morgan fingerprint density at radius 1 is 1.12 bits per heavy atom. The Bertz CT molecular complexity index is 853. The maximum atomic E-state index is 12.7. The predicted molar refractivity (Wildman–Crippen MR) is 118 cm³/mol. The summed E-state index contributed by atoms with van der Waals surface area (Å²) in [5.74, 6) is -2.68. The van der Waals surface area contributed by atoms with Crippen LogP contribution in [-0.4, -0.2) is 58.0 Å². The van der Waals surface area contributed by atoms with Crippen molar-refractivity contribution in [1.29, 1.82) is 0 Å². The summed E-state index contributed by atoms with van der Waals surface area (Å²) in [6.07, 6.45) is 0.717. The van der Waals surface area contributed by atoms with Crippen molar-refractivity contribution < 1.29 is 83.7 Å². The molecule has 2 rings (SSSR count). The van der Waals surface area contributed by atoms with Gasteiger partial charge in [0.2, 0.25) is 0 Å². The van der Waals surface area contributed by atoms with Gasteiger partial charge in [-0.25, -0.2) is 0 Å². The Kier molecular flexibility index (Phi) is 16.1. The largest absolute Gasteiger partial charge is 1.00 e. The normalized spacial score (nSPS) is 15.2. The smallest absolute Gasteiger partial charge is 0.550 e. The van der Waals surface area contributed by atoms with Gasteiger partial charge in [-0.15, -0.1) is 23.2 Å². The number of halogens is 2. The maximum Gasteiger partial charge on any atom is 1.00 e. The van der Waals surface area contributed by atoms with E-state index in [1.807, 2.05) is 29.2 Å². The number of hydrogen-bond acceptors (Lipinski definition) is 8. The molecule has 0 aromatic heterocycles. The second-order valence-corrected chi connectivity index (χ2v) is 8.69. The molecule has 1 aliphatic heterocycles. The number of hydrogen-bond donors (Lipinski definition) is 0. The molecule has 1 fully saturated rings. The Morgan fingerprint density at radius 3 is 2.16 bits per heavy atom. The fourth-order valence-electron chi connectivity index (χ4n) is 2.86. The number of carbonyl (C=O) groups is 3. The predicted octanol–water partition coefficient (Wildman–Crippen LogP) is -5.17. The molecule has 1 aromatic carbocycles. The molecule has 1 unspecified atom stereocenters. The zero-order valence-electron chi connectivity index (χ0n) is 17.7. The first-order valence-corrected chi connectivity index (χ1v) is 11.2. The molecule has 32 heavy (non-hydrogen) atoms. The summed E-state index contributed by atoms with van der Waals surface area (Å²) in [5, 5.41) is 22.1. The molecule has 162 valence electrons. The molecule has 1 heterocycles. The Morgan fingerprint density at radius 2 is 1.69 bits per heavy atom. The molecule has 7 nitrogen and oxygen atoms in total. The summed E-state index contributed by atoms with van der Waals surface area (Å²) in [4.78, 5) is 38.0. The number of nitrogens with zero attached hydrogens (tertiary/aromatic N) is 2. The number of anilines is 1. The van der Waals surface area contributed by atoms with E-state index < -0.39 is 30.3 Å². The van der Waals surface area contributed by atoms with E-state index in [4.69, 9.17) is 35.4 Å². The van der Waals surface area contributed by atoms with Crippen molar-refractivity contribution in [2.24, 2.45) is 0 Å². The summed E-state index contributed by atoms with van der Waals surface area (Å²) in [7, 11) is 0. The van der Waals surface area contributed by atoms with Crippen LogP contribution in [0.5, 0.6) is 0 Å². The first-order valence-electron chi connectivity index (χ1n) is 8.93. The van der Waals surface area contributed by atoms with Gasteiger partial charge in [-0.2, -0.15) is 0 Å². The molecule has 1 amide bonds. The minimum absolute atomic E-state index is 0. The molecule has 13 heteroatoms. The van der Waals surface area contributed by atoms with Gasteiger partial charge in [0, 0.05) is 36.5 Å². The summed E-state index contributed by atoms with van der Waals surface area (Å²) in [5.41, 5.74) is 1.65. The number of carbonyl (C=O) groups excluding carboxylic acids is 3. The van der Waals surface area contributed by atoms with Gasteiger partial charge in [0.15, 0.2) is 0 Å². The fourth-order valence-corrected chi connectivity index (χ4v) is 4.63. The summed E-state index contributed by atoms with van der Waals surface area (Å²) in [6.45, 7) is 1.28. The first-order chi connectivity index (χ1) is 14.3. The number of benzene rings is 1. The third kappa shape index (κ3) is 9.09. The van der Waals surface area contributed by atoms with Crippen molar-refractivity contribution in [2.45, 2.75) is 18.9 Å². The van der Waals surface area contributed by atoms with Gasteiger partial charge < -0.3 is 24.7 Å². The van der Waals surface area contributed by atoms with Crippen LogP contribution < -0.4 is 74.2 Å². The molecule has 0 aliphatic carbocycles. The van der Waals surface area contributed by atoms with Gasteiger partial charge in [0.25, 0.3) is 5.91 Å². The third-order valence-corrected chi connectivity index (χ3v) is 5.96. The Hall–Kier alpha value is 0.190. The van der Waals surface area contributed by atoms with Crippen LogP contribution in [-0.2, 0) is 14.4 Å². The van der Waals surface area contributed by atoms with Gasteiger partial charge in [-0.1, -0.05) is 36.1 Å². The van der Waals surface area contributed by atoms with E-state index in [1.165, 1.54) is 0 Å². The molecule has 1 saturated heterocycles. The standard InChI is InChI=1S/C19H20Cl2N2O5S2.2Na/c20-7-9-22(10-8-21)13-3-1-12(2-4-13)11-15-17(26)23(19(29)30-15)14(18(27)28)5-6-16(24)25;;/h1-4,11,14H,5-10H2,(H,24,25)(H,27,28);;/q;2*+1/p-2/b15-11-;;. The van der Waals surface area contributed by atoms with Crippen molar-refractivity contribution in [3.63, 3.8) is 0 Å². The average Bonchev–Trinajstić information content (AvgIpc) is 2.96. The van der Waals surface area contributed by atoms with Crippen molar-refractivity contribution in [3.05, 3.63) is 34.7 Å². The van der Waals surface area contributed by atoms with Crippen LogP contribution in [0.15, 0.2) is 29.2 Å². The topological polar surface area (TPSA) is 104 Å². The molecule has 1 aromatic rings. The van der Waals surface area contributed by atoms with Crippen LogP contribution in [0.1, 0.15) is 18.4 Å². The van der Waals surface area contributed by atoms with Crippen molar-refractivity contribution in [2.75, 3.05) is 29.7 Å². The number of amides is 1. The Balaban J connectivity index is 0.00000480. The van der Waals surface area contributed by atoms with E-state index in [1.54, 1.807) is 6.08 Å². The summed E-state index contributed by atoms with van der Waals surface area (Å²) < 4.78 is 0.0332. The van der Waals surface area contributed by atoms with Crippen LogP contribution >= 0.6 is 47.2 Å². The quantitative estimate of drug-likeness (QED) is 0.120.